The van der Waals surface area contributed by atoms with Crippen molar-refractivity contribution in [3.8, 4) is 5.75 Å². The number of hydrogen-bond acceptors (Lipinski definition) is 2. The Morgan fingerprint density at radius 2 is 1.56 bits per heavy atom. The van der Waals surface area contributed by atoms with E-state index >= 15 is 0 Å². The minimum atomic E-state index is 0.300. The number of aromatic hydroxyl groups is 1. The second kappa shape index (κ2) is 5.75. The molecule has 0 saturated carbocycles. The first-order valence-corrected chi connectivity index (χ1v) is 3.50. The monoisotopic (exact) mass is 230 g/mol. The second-order valence-corrected chi connectivity index (χ2v) is 1.34. The second-order valence-electron chi connectivity index (χ2n) is 1.34. The van der Waals surface area contributed by atoms with E-state index in [1.807, 2.05) is 6.07 Å². The summed E-state index contributed by atoms with van der Waals surface area (Å²) < 4.78 is 8.34. The average molecular weight is 229 g/mol. The number of para-hydroxylation sites is 1. The predicted molar refractivity (Wildman–Crippen MR) is 34.5 cm³/mol. The van der Waals surface area contributed by atoms with Crippen LogP contribution in [0.1, 0.15) is 0 Å². The fourth-order valence-corrected chi connectivity index (χ4v) is 0.428. The van der Waals surface area contributed by atoms with Gasteiger partial charge in [0, 0.05) is 0 Å². The van der Waals surface area contributed by atoms with Crippen LogP contribution >= 0.6 is 0 Å². The summed E-state index contributed by atoms with van der Waals surface area (Å²) in [5, 5.41) is 8.63. The quantitative estimate of drug-likeness (QED) is 0.670. The Kier molecular flexibility index (Phi) is 5.51. The normalized spacial score (nSPS) is 7.11. The van der Waals surface area contributed by atoms with Crippen molar-refractivity contribution < 1.29 is 8.18 Å². The third-order valence-corrected chi connectivity index (χ3v) is 0.756. The Morgan fingerprint density at radius 3 is 1.78 bits per heavy atom. The molecular weight excluding hydrogens is 223 g/mol. The predicted octanol–water partition coefficient (Wildman–Crippen LogP) is 0.893. The van der Waals surface area contributed by atoms with Gasteiger partial charge in [-0.1, -0.05) is 18.2 Å². The van der Waals surface area contributed by atoms with Crippen LogP contribution in [0, 0.1) is 0 Å². The van der Waals surface area contributed by atoms with Crippen molar-refractivity contribution in [3.63, 3.8) is 0 Å². The SMILES string of the molecule is Oc1ccccc1.[O]=[Sn]. The number of hydrogen-bond donors (Lipinski definition) is 1. The van der Waals surface area contributed by atoms with Gasteiger partial charge in [0.2, 0.25) is 0 Å². The van der Waals surface area contributed by atoms with Crippen LogP contribution in [-0.2, 0) is 3.08 Å². The van der Waals surface area contributed by atoms with Crippen molar-refractivity contribution in [2.45, 2.75) is 0 Å². The number of phenolic OH excluding ortho intramolecular Hbond substituents is 1. The topological polar surface area (TPSA) is 37.3 Å². The molecular formula is C6H6O2Sn. The van der Waals surface area contributed by atoms with E-state index in [1.54, 1.807) is 24.3 Å². The Hall–Kier alpha value is -0.381. The van der Waals surface area contributed by atoms with E-state index in [4.69, 9.17) is 8.18 Å². The van der Waals surface area contributed by atoms with E-state index in [0.29, 0.717) is 28.3 Å². The van der Waals surface area contributed by atoms with Crippen LogP contribution in [0.2, 0.25) is 0 Å². The molecule has 0 aliphatic rings. The van der Waals surface area contributed by atoms with E-state index in [0.717, 1.165) is 0 Å². The molecule has 0 aromatic heterocycles. The molecule has 1 aromatic carbocycles. The van der Waals surface area contributed by atoms with E-state index in [-0.39, 0.29) is 0 Å². The molecule has 0 unspecified atom stereocenters. The molecule has 46 valence electrons. The Labute approximate surface area is 67.0 Å². The fourth-order valence-electron chi connectivity index (χ4n) is 0.428. The van der Waals surface area contributed by atoms with Crippen LogP contribution in [0.4, 0.5) is 0 Å². The van der Waals surface area contributed by atoms with Gasteiger partial charge in [-0.05, 0) is 12.1 Å². The molecule has 0 atom stereocenters. The Bertz CT molecular complexity index is 152. The first-order chi connectivity index (χ1) is 4.39. The van der Waals surface area contributed by atoms with Gasteiger partial charge in [0.1, 0.15) is 5.75 Å². The third kappa shape index (κ3) is 4.14. The van der Waals surface area contributed by atoms with Gasteiger partial charge in [0.05, 0.1) is 0 Å². The minimum absolute atomic E-state index is 0.300. The zero-order chi connectivity index (χ0) is 7.11. The molecule has 2 nitrogen and oxygen atoms in total. The molecule has 0 spiro atoms. The molecule has 1 aromatic rings. The van der Waals surface area contributed by atoms with Crippen LogP contribution in [0.5, 0.6) is 5.75 Å². The van der Waals surface area contributed by atoms with Crippen LogP contribution in [-0.4, -0.2) is 27.6 Å². The number of phenols is 1. The van der Waals surface area contributed by atoms with Gasteiger partial charge in [0.15, 0.2) is 0 Å². The maximum atomic E-state index is 8.63. The van der Waals surface area contributed by atoms with E-state index in [1.165, 1.54) is 0 Å². The maximum absolute atomic E-state index is 8.63. The van der Waals surface area contributed by atoms with Crippen LogP contribution < -0.4 is 0 Å². The summed E-state index contributed by atoms with van der Waals surface area (Å²) in [7, 11) is 0. The van der Waals surface area contributed by atoms with Gasteiger partial charge >= 0.3 is 25.6 Å². The van der Waals surface area contributed by atoms with Crippen molar-refractivity contribution in [1.82, 2.24) is 0 Å². The molecule has 0 bridgehead atoms. The summed E-state index contributed by atoms with van der Waals surface area (Å²) in [5.74, 6) is 0.322. The van der Waals surface area contributed by atoms with Crippen molar-refractivity contribution in [1.29, 1.82) is 0 Å². The van der Waals surface area contributed by atoms with Gasteiger partial charge in [-0.2, -0.15) is 0 Å². The molecule has 3 heteroatoms. The summed E-state index contributed by atoms with van der Waals surface area (Å²) in [6, 6.07) is 8.71. The molecule has 0 fully saturated rings. The summed E-state index contributed by atoms with van der Waals surface area (Å²) >= 11 is 0.300. The zero-order valence-corrected chi connectivity index (χ0v) is 7.60. The average Bonchev–Trinajstić information content (AvgIpc) is 1.94. The first-order valence-electron chi connectivity index (χ1n) is 2.34. The van der Waals surface area contributed by atoms with Crippen molar-refractivity contribution in [2.75, 3.05) is 0 Å². The van der Waals surface area contributed by atoms with Crippen molar-refractivity contribution in [2.24, 2.45) is 0 Å². The summed E-state index contributed by atoms with van der Waals surface area (Å²) in [6.45, 7) is 0. The molecule has 1 rings (SSSR count). The molecule has 0 amide bonds. The van der Waals surface area contributed by atoms with Crippen LogP contribution in [0.15, 0.2) is 30.3 Å². The molecule has 0 heterocycles. The molecule has 0 aliphatic carbocycles. The van der Waals surface area contributed by atoms with Crippen molar-refractivity contribution in [3.05, 3.63) is 30.3 Å². The Balaban J connectivity index is 0.000000291. The van der Waals surface area contributed by atoms with Gasteiger partial charge in [-0.25, -0.2) is 0 Å². The van der Waals surface area contributed by atoms with Gasteiger partial charge in [0.25, 0.3) is 0 Å². The zero-order valence-electron chi connectivity index (χ0n) is 4.74. The van der Waals surface area contributed by atoms with Gasteiger partial charge < -0.3 is 5.11 Å². The fraction of sp³-hybridized carbons (Fsp3) is 0. The molecule has 2 radical (unpaired) electrons. The van der Waals surface area contributed by atoms with E-state index < -0.39 is 0 Å². The molecule has 1 N–H and O–H groups in total. The molecule has 9 heavy (non-hydrogen) atoms. The van der Waals surface area contributed by atoms with Gasteiger partial charge in [-0.15, -0.1) is 0 Å². The van der Waals surface area contributed by atoms with E-state index in [2.05, 4.69) is 0 Å². The summed E-state index contributed by atoms with van der Waals surface area (Å²) in [4.78, 5) is 0. The first kappa shape index (κ1) is 8.62. The summed E-state index contributed by atoms with van der Waals surface area (Å²) in [6.07, 6.45) is 0. The van der Waals surface area contributed by atoms with Crippen molar-refractivity contribution >= 4 is 22.5 Å². The number of rotatable bonds is 0. The van der Waals surface area contributed by atoms with E-state index in [9.17, 15) is 0 Å². The summed E-state index contributed by atoms with van der Waals surface area (Å²) in [5.41, 5.74) is 0. The molecule has 0 saturated heterocycles. The third-order valence-electron chi connectivity index (χ3n) is 0.756. The van der Waals surface area contributed by atoms with Gasteiger partial charge in [-0.3, -0.25) is 0 Å². The standard InChI is InChI=1S/C6H6O.O.Sn/c7-6-4-2-1-3-5-6;;/h1-5,7H;;. The van der Waals surface area contributed by atoms with Crippen LogP contribution in [0.3, 0.4) is 0 Å². The molecule has 0 aliphatic heterocycles. The van der Waals surface area contributed by atoms with Crippen LogP contribution in [0.25, 0.3) is 0 Å². The Morgan fingerprint density at radius 1 is 1.11 bits per heavy atom. The number of benzene rings is 1.